The maximum atomic E-state index is 10.8. The predicted molar refractivity (Wildman–Crippen MR) is 40.0 cm³/mol. The summed E-state index contributed by atoms with van der Waals surface area (Å²) >= 11 is 0. The highest BCUT2D eigenvalue weighted by atomic mass is 31.2. The van der Waals surface area contributed by atoms with Crippen LogP contribution in [0.2, 0.25) is 0 Å². The van der Waals surface area contributed by atoms with Crippen molar-refractivity contribution < 1.29 is 19.7 Å². The van der Waals surface area contributed by atoms with Gasteiger partial charge in [-0.2, -0.15) is 0 Å². The van der Waals surface area contributed by atoms with Gasteiger partial charge < -0.3 is 15.1 Å². The van der Waals surface area contributed by atoms with E-state index >= 15 is 0 Å². The van der Waals surface area contributed by atoms with Crippen LogP contribution < -0.4 is 10.2 Å². The first-order valence-electron chi connectivity index (χ1n) is 3.17. The summed E-state index contributed by atoms with van der Waals surface area (Å²) in [7, 11) is -3.55. The first-order valence-corrected chi connectivity index (χ1v) is 4.83. The van der Waals surface area contributed by atoms with E-state index in [-0.39, 0.29) is 26.3 Å². The van der Waals surface area contributed by atoms with Gasteiger partial charge in [-0.15, -0.1) is 0 Å². The predicted octanol–water partition coefficient (Wildman–Crippen LogP) is -1.75. The summed E-state index contributed by atoms with van der Waals surface area (Å²) in [5.41, 5.74) is 0. The Kier molecular flexibility index (Phi) is 5.67. The van der Waals surface area contributed by atoms with Crippen molar-refractivity contribution in [1.29, 1.82) is 0 Å². The van der Waals surface area contributed by atoms with Crippen molar-refractivity contribution in [3.05, 3.63) is 0 Å². The molecule has 0 amide bonds. The van der Waals surface area contributed by atoms with Gasteiger partial charge in [-0.05, 0) is 0 Å². The molecule has 6 nitrogen and oxygen atoms in total. The summed E-state index contributed by atoms with van der Waals surface area (Å²) in [5.74, 6) is 0. The Labute approximate surface area is 64.8 Å². The first-order chi connectivity index (χ1) is 5.12. The van der Waals surface area contributed by atoms with Crippen molar-refractivity contribution in [3.63, 3.8) is 0 Å². The van der Waals surface area contributed by atoms with Gasteiger partial charge in [0.1, 0.15) is 0 Å². The minimum atomic E-state index is -3.55. The molecule has 0 atom stereocenters. The topological polar surface area (TPSA) is 102 Å². The zero-order valence-corrected chi connectivity index (χ0v) is 6.92. The van der Waals surface area contributed by atoms with E-state index in [2.05, 4.69) is 10.2 Å². The van der Waals surface area contributed by atoms with E-state index in [0.29, 0.717) is 0 Å². The third kappa shape index (κ3) is 6.43. The molecule has 7 heteroatoms. The van der Waals surface area contributed by atoms with Crippen LogP contribution in [0.15, 0.2) is 0 Å². The zero-order chi connectivity index (χ0) is 8.74. The molecule has 0 heterocycles. The molecule has 0 saturated heterocycles. The molecule has 5 N–H and O–H groups in total. The second-order valence-electron chi connectivity index (χ2n) is 1.84. The van der Waals surface area contributed by atoms with Crippen molar-refractivity contribution in [3.8, 4) is 0 Å². The summed E-state index contributed by atoms with van der Waals surface area (Å²) in [6, 6.07) is 0. The Balaban J connectivity index is 3.53. The summed E-state index contributed by atoms with van der Waals surface area (Å²) in [4.78, 5) is 8.89. The van der Waals surface area contributed by atoms with Crippen molar-refractivity contribution in [1.82, 2.24) is 10.2 Å². The van der Waals surface area contributed by atoms with Crippen LogP contribution in [0, 0.1) is 0 Å². The minimum Gasteiger partial charge on any atom is -0.395 e. The fraction of sp³-hybridized carbons (Fsp3) is 1.00. The number of hydrogen-bond acceptors (Lipinski definition) is 3. The van der Waals surface area contributed by atoms with Crippen LogP contribution >= 0.6 is 7.67 Å². The highest BCUT2D eigenvalue weighted by Gasteiger charge is 2.14. The lowest BCUT2D eigenvalue weighted by Crippen LogP contribution is -2.26. The molecule has 0 aliphatic rings. The number of aliphatic hydroxyl groups excluding tert-OH is 2. The largest absolute Gasteiger partial charge is 0.395 e. The SMILES string of the molecule is O=P(O)(NCCO)NCCO. The zero-order valence-electron chi connectivity index (χ0n) is 6.03. The molecule has 0 saturated carbocycles. The Morgan fingerprint density at radius 3 is 1.73 bits per heavy atom. The molecule has 0 rings (SSSR count). The van der Waals surface area contributed by atoms with Gasteiger partial charge in [0.25, 0.3) is 0 Å². The molecule has 0 spiro atoms. The van der Waals surface area contributed by atoms with Gasteiger partial charge in [0, 0.05) is 13.1 Å². The summed E-state index contributed by atoms with van der Waals surface area (Å²) in [6.07, 6.45) is 0. The smallest absolute Gasteiger partial charge is 0.338 e. The maximum absolute atomic E-state index is 10.8. The van der Waals surface area contributed by atoms with Crippen LogP contribution in [0.3, 0.4) is 0 Å². The molecule has 0 aromatic rings. The van der Waals surface area contributed by atoms with E-state index in [1.807, 2.05) is 0 Å². The number of nitrogens with one attached hydrogen (secondary N) is 2. The number of hydrogen-bond donors (Lipinski definition) is 5. The lowest BCUT2D eigenvalue weighted by molar-refractivity contribution is 0.291. The van der Waals surface area contributed by atoms with Gasteiger partial charge >= 0.3 is 7.67 Å². The fourth-order valence-corrected chi connectivity index (χ4v) is 1.38. The fourth-order valence-electron chi connectivity index (χ4n) is 0.459. The molecule has 0 aromatic carbocycles. The summed E-state index contributed by atoms with van der Waals surface area (Å²) < 4.78 is 10.8. The van der Waals surface area contributed by atoms with Crippen molar-refractivity contribution in [2.75, 3.05) is 26.3 Å². The van der Waals surface area contributed by atoms with Crippen LogP contribution in [-0.2, 0) is 4.57 Å². The van der Waals surface area contributed by atoms with Crippen LogP contribution in [0.5, 0.6) is 0 Å². The van der Waals surface area contributed by atoms with Crippen molar-refractivity contribution in [2.45, 2.75) is 0 Å². The van der Waals surface area contributed by atoms with Crippen molar-refractivity contribution >= 4 is 7.67 Å². The van der Waals surface area contributed by atoms with E-state index < -0.39 is 7.67 Å². The average molecular weight is 184 g/mol. The third-order valence-electron chi connectivity index (χ3n) is 0.876. The van der Waals surface area contributed by atoms with Crippen LogP contribution in [0.1, 0.15) is 0 Å². The Bertz CT molecular complexity index is 130. The van der Waals surface area contributed by atoms with E-state index in [0.717, 1.165) is 0 Å². The van der Waals surface area contributed by atoms with E-state index in [1.165, 1.54) is 0 Å². The lowest BCUT2D eigenvalue weighted by Gasteiger charge is -2.12. The molecule has 11 heavy (non-hydrogen) atoms. The molecular weight excluding hydrogens is 171 g/mol. The van der Waals surface area contributed by atoms with Crippen LogP contribution in [0.25, 0.3) is 0 Å². The second-order valence-corrected chi connectivity index (χ2v) is 3.62. The molecular formula is C4H13N2O4P. The highest BCUT2D eigenvalue weighted by molar-refractivity contribution is 7.53. The van der Waals surface area contributed by atoms with Gasteiger partial charge in [-0.25, -0.2) is 10.2 Å². The van der Waals surface area contributed by atoms with E-state index in [1.54, 1.807) is 0 Å². The molecule has 0 aliphatic carbocycles. The maximum Gasteiger partial charge on any atom is 0.338 e. The molecule has 0 aromatic heterocycles. The molecule has 0 unspecified atom stereocenters. The van der Waals surface area contributed by atoms with Crippen molar-refractivity contribution in [2.24, 2.45) is 0 Å². The summed E-state index contributed by atoms with van der Waals surface area (Å²) in [5, 5.41) is 20.9. The standard InChI is InChI=1S/C4H13N2O4P/c7-3-1-5-11(9,10)6-2-4-8/h7-8H,1-4H2,(H3,5,6,9,10). The van der Waals surface area contributed by atoms with Gasteiger partial charge in [-0.3, -0.25) is 4.57 Å². The van der Waals surface area contributed by atoms with Crippen LogP contribution in [0.4, 0.5) is 0 Å². The second kappa shape index (κ2) is 5.65. The number of rotatable bonds is 6. The Hall–Kier alpha value is 0.0300. The van der Waals surface area contributed by atoms with Crippen LogP contribution in [-0.4, -0.2) is 41.4 Å². The highest BCUT2D eigenvalue weighted by Crippen LogP contribution is 2.27. The first kappa shape index (κ1) is 11.0. The van der Waals surface area contributed by atoms with Gasteiger partial charge in [0.05, 0.1) is 13.2 Å². The van der Waals surface area contributed by atoms with Gasteiger partial charge in [-0.1, -0.05) is 0 Å². The van der Waals surface area contributed by atoms with Gasteiger partial charge in [0.2, 0.25) is 0 Å². The Morgan fingerprint density at radius 1 is 1.09 bits per heavy atom. The Morgan fingerprint density at radius 2 is 1.45 bits per heavy atom. The molecule has 0 aliphatic heterocycles. The average Bonchev–Trinajstić information content (AvgIpc) is 1.97. The van der Waals surface area contributed by atoms with E-state index in [4.69, 9.17) is 15.1 Å². The molecule has 0 bridgehead atoms. The summed E-state index contributed by atoms with van der Waals surface area (Å²) in [6.45, 7) is -0.310. The lowest BCUT2D eigenvalue weighted by atomic mass is 10.8. The molecule has 0 radical (unpaired) electrons. The monoisotopic (exact) mass is 184 g/mol. The molecule has 68 valence electrons. The van der Waals surface area contributed by atoms with E-state index in [9.17, 15) is 4.57 Å². The minimum absolute atomic E-state index is 0.0478. The van der Waals surface area contributed by atoms with Gasteiger partial charge in [0.15, 0.2) is 0 Å². The quantitative estimate of drug-likeness (QED) is 0.314. The normalized spacial score (nSPS) is 11.9. The molecule has 0 fully saturated rings. The third-order valence-corrected chi connectivity index (χ3v) is 2.18. The number of aliphatic hydroxyl groups is 2.